The summed E-state index contributed by atoms with van der Waals surface area (Å²) in [6.45, 7) is 7.70. The summed E-state index contributed by atoms with van der Waals surface area (Å²) in [5, 5.41) is 0. The van der Waals surface area contributed by atoms with Crippen LogP contribution in [0.15, 0.2) is 0 Å². The van der Waals surface area contributed by atoms with Crippen LogP contribution < -0.4 is 0 Å². The highest BCUT2D eigenvalue weighted by molar-refractivity contribution is 5.79. The molecule has 2 heteroatoms. The number of ether oxygens (including phenoxy) is 1. The van der Waals surface area contributed by atoms with Crippen LogP contribution in [0.4, 0.5) is 0 Å². The average molecular weight is 347 g/mol. The largest absolute Gasteiger partial charge is 0.384 e. The van der Waals surface area contributed by atoms with Crippen molar-refractivity contribution in [2.24, 2.45) is 46.3 Å². The number of fused-ring (bicyclic) bond motifs is 5. The van der Waals surface area contributed by atoms with Crippen LogP contribution >= 0.6 is 0 Å². The molecule has 0 aliphatic heterocycles. The molecule has 0 radical (unpaired) electrons. The van der Waals surface area contributed by atoms with Crippen LogP contribution in [-0.2, 0) is 9.53 Å². The van der Waals surface area contributed by atoms with Crippen molar-refractivity contribution in [1.29, 1.82) is 0 Å². The molecule has 4 fully saturated rings. The quantitative estimate of drug-likeness (QED) is 0.675. The zero-order valence-electron chi connectivity index (χ0n) is 16.9. The maximum atomic E-state index is 12.2. The monoisotopic (exact) mass is 346 g/mol. The summed E-state index contributed by atoms with van der Waals surface area (Å²) in [5.74, 6) is 5.41. The summed E-state index contributed by atoms with van der Waals surface area (Å²) < 4.78 is 5.54. The van der Waals surface area contributed by atoms with Gasteiger partial charge in [0.15, 0.2) is 0 Å². The summed E-state index contributed by atoms with van der Waals surface area (Å²) in [4.78, 5) is 12.2. The predicted octanol–water partition coefficient (Wildman–Crippen LogP) is 5.50. The fourth-order valence-corrected chi connectivity index (χ4v) is 8.33. The Labute approximate surface area is 154 Å². The molecule has 0 spiro atoms. The van der Waals surface area contributed by atoms with Crippen LogP contribution in [-0.4, -0.2) is 19.5 Å². The molecule has 0 amide bonds. The number of methoxy groups -OCH3 is 1. The lowest BCUT2D eigenvalue weighted by atomic mass is 9.48. The van der Waals surface area contributed by atoms with Crippen molar-refractivity contribution in [3.63, 3.8) is 0 Å². The van der Waals surface area contributed by atoms with Gasteiger partial charge in [0.2, 0.25) is 0 Å². The zero-order valence-corrected chi connectivity index (χ0v) is 16.9. The van der Waals surface area contributed by atoms with Gasteiger partial charge >= 0.3 is 0 Å². The molecule has 2 nitrogen and oxygen atoms in total. The Morgan fingerprint density at radius 1 is 0.960 bits per heavy atom. The summed E-state index contributed by atoms with van der Waals surface area (Å²) in [6, 6.07) is 0. The van der Waals surface area contributed by atoms with E-state index in [2.05, 4.69) is 13.8 Å². The van der Waals surface area contributed by atoms with Gasteiger partial charge in [-0.15, -0.1) is 0 Å². The standard InChI is InChI=1S/C23H38O2/c1-15(24)20-7-8-21-19-6-5-16-13-22(2,14-25-4)11-9-17(16)18(19)10-12-23(20,21)3/h16-21H,5-14H2,1-4H3/t16-,17+,18-,19-,20-,21+,22+,23-/m1/s1. The Morgan fingerprint density at radius 2 is 1.72 bits per heavy atom. The number of carbonyl (C=O) groups is 1. The molecule has 4 aliphatic rings. The third-order valence-corrected chi connectivity index (χ3v) is 9.34. The molecular weight excluding hydrogens is 308 g/mol. The Kier molecular flexibility index (Phi) is 4.58. The van der Waals surface area contributed by atoms with Crippen LogP contribution in [0.2, 0.25) is 0 Å². The first-order valence-electron chi connectivity index (χ1n) is 10.9. The van der Waals surface area contributed by atoms with Crippen molar-refractivity contribution in [3.05, 3.63) is 0 Å². The second-order valence-electron chi connectivity index (χ2n) is 10.7. The highest BCUT2D eigenvalue weighted by Gasteiger charge is 2.58. The van der Waals surface area contributed by atoms with Crippen LogP contribution in [0.25, 0.3) is 0 Å². The van der Waals surface area contributed by atoms with Gasteiger partial charge in [0.05, 0.1) is 6.61 Å². The molecule has 0 aromatic carbocycles. The van der Waals surface area contributed by atoms with E-state index in [1.165, 1.54) is 57.8 Å². The second kappa shape index (κ2) is 6.36. The number of hydrogen-bond acceptors (Lipinski definition) is 2. The Hall–Kier alpha value is -0.370. The molecule has 8 atom stereocenters. The van der Waals surface area contributed by atoms with Gasteiger partial charge < -0.3 is 4.74 Å². The normalized spacial score (nSPS) is 52.2. The fraction of sp³-hybridized carbons (Fsp3) is 0.957. The predicted molar refractivity (Wildman–Crippen MR) is 101 cm³/mol. The molecule has 142 valence electrons. The molecule has 4 saturated carbocycles. The number of rotatable bonds is 3. The first kappa shape index (κ1) is 18.0. The van der Waals surface area contributed by atoms with E-state index in [1.807, 2.05) is 14.0 Å². The molecule has 4 aliphatic carbocycles. The zero-order chi connectivity index (χ0) is 17.8. The van der Waals surface area contributed by atoms with Crippen molar-refractivity contribution in [1.82, 2.24) is 0 Å². The molecule has 0 unspecified atom stereocenters. The number of carbonyl (C=O) groups excluding carboxylic acids is 1. The van der Waals surface area contributed by atoms with Crippen LogP contribution in [0.3, 0.4) is 0 Å². The number of hydrogen-bond donors (Lipinski definition) is 0. The van der Waals surface area contributed by atoms with Crippen molar-refractivity contribution >= 4 is 5.78 Å². The molecule has 0 bridgehead atoms. The molecule has 0 saturated heterocycles. The van der Waals surface area contributed by atoms with Gasteiger partial charge in [0.25, 0.3) is 0 Å². The van der Waals surface area contributed by atoms with Crippen LogP contribution in [0.5, 0.6) is 0 Å². The lowest BCUT2D eigenvalue weighted by Crippen LogP contribution is -2.50. The topological polar surface area (TPSA) is 26.3 Å². The van der Waals surface area contributed by atoms with Crippen molar-refractivity contribution < 1.29 is 9.53 Å². The second-order valence-corrected chi connectivity index (χ2v) is 10.7. The van der Waals surface area contributed by atoms with Gasteiger partial charge in [-0.1, -0.05) is 13.8 Å². The summed E-state index contributed by atoms with van der Waals surface area (Å²) >= 11 is 0. The maximum Gasteiger partial charge on any atom is 0.133 e. The first-order valence-corrected chi connectivity index (χ1v) is 10.9. The number of Topliss-reactive ketones (excluding diaryl/α,β-unsaturated/α-hetero) is 1. The maximum absolute atomic E-state index is 12.2. The van der Waals surface area contributed by atoms with Gasteiger partial charge in [-0.05, 0) is 105 Å². The molecule has 0 N–H and O–H groups in total. The molecule has 4 rings (SSSR count). The minimum absolute atomic E-state index is 0.319. The van der Waals surface area contributed by atoms with E-state index in [0.29, 0.717) is 22.5 Å². The molecular formula is C23H38O2. The van der Waals surface area contributed by atoms with E-state index in [9.17, 15) is 4.79 Å². The van der Waals surface area contributed by atoms with E-state index in [0.717, 1.165) is 36.2 Å². The van der Waals surface area contributed by atoms with E-state index in [-0.39, 0.29) is 0 Å². The highest BCUT2D eigenvalue weighted by atomic mass is 16.5. The first-order chi connectivity index (χ1) is 11.9. The van der Waals surface area contributed by atoms with Crippen molar-refractivity contribution in [2.75, 3.05) is 13.7 Å². The Balaban J connectivity index is 1.51. The minimum atomic E-state index is 0.319. The third kappa shape index (κ3) is 2.82. The van der Waals surface area contributed by atoms with Gasteiger partial charge in [0, 0.05) is 13.0 Å². The smallest absolute Gasteiger partial charge is 0.133 e. The summed E-state index contributed by atoms with van der Waals surface area (Å²) in [5.41, 5.74) is 0.734. The lowest BCUT2D eigenvalue weighted by molar-refractivity contribution is -0.129. The van der Waals surface area contributed by atoms with Crippen LogP contribution in [0.1, 0.15) is 78.6 Å². The Bertz CT molecular complexity index is 528. The lowest BCUT2D eigenvalue weighted by Gasteiger charge is -2.57. The Morgan fingerprint density at radius 3 is 2.44 bits per heavy atom. The minimum Gasteiger partial charge on any atom is -0.384 e. The molecule has 25 heavy (non-hydrogen) atoms. The van der Waals surface area contributed by atoms with Crippen LogP contribution in [0, 0.1) is 46.3 Å². The van der Waals surface area contributed by atoms with Crippen molar-refractivity contribution in [3.8, 4) is 0 Å². The molecule has 0 aromatic heterocycles. The van der Waals surface area contributed by atoms with E-state index in [1.54, 1.807) is 0 Å². The highest BCUT2D eigenvalue weighted by Crippen LogP contribution is 2.65. The van der Waals surface area contributed by atoms with Gasteiger partial charge in [-0.25, -0.2) is 0 Å². The average Bonchev–Trinajstić information content (AvgIpc) is 2.91. The summed E-state index contributed by atoms with van der Waals surface area (Å²) in [7, 11) is 1.86. The fourth-order valence-electron chi connectivity index (χ4n) is 8.33. The van der Waals surface area contributed by atoms with Gasteiger partial charge in [-0.2, -0.15) is 0 Å². The van der Waals surface area contributed by atoms with E-state index in [4.69, 9.17) is 4.74 Å². The molecule has 0 heterocycles. The van der Waals surface area contributed by atoms with Crippen molar-refractivity contribution in [2.45, 2.75) is 78.6 Å². The van der Waals surface area contributed by atoms with E-state index < -0.39 is 0 Å². The van der Waals surface area contributed by atoms with Gasteiger partial charge in [-0.3, -0.25) is 4.79 Å². The summed E-state index contributed by atoms with van der Waals surface area (Å²) in [6.07, 6.45) is 12.2. The van der Waals surface area contributed by atoms with E-state index >= 15 is 0 Å². The number of ketones is 1. The SMILES string of the molecule is COC[C@@]1(C)CC[C@H]2[C@H](CC[C@@H]3[C@@H]2CC[C@]2(C)[C@@H](C(C)=O)CC[C@@H]32)C1. The molecule has 0 aromatic rings. The van der Waals surface area contributed by atoms with Gasteiger partial charge in [0.1, 0.15) is 5.78 Å². The third-order valence-electron chi connectivity index (χ3n) is 9.34.